The van der Waals surface area contributed by atoms with Crippen LogP contribution in [0.15, 0.2) is 48.5 Å². The van der Waals surface area contributed by atoms with Crippen LogP contribution in [0.25, 0.3) is 0 Å². The van der Waals surface area contributed by atoms with Gasteiger partial charge in [0, 0.05) is 25.2 Å². The van der Waals surface area contributed by atoms with Crippen molar-refractivity contribution >= 4 is 17.5 Å². The first-order chi connectivity index (χ1) is 14.6. The largest absolute Gasteiger partial charge is 0.352 e. The van der Waals surface area contributed by atoms with Crippen LogP contribution in [0.3, 0.4) is 0 Å². The molecule has 5 nitrogen and oxygen atoms in total. The summed E-state index contributed by atoms with van der Waals surface area (Å²) in [5.74, 6) is 0.385. The van der Waals surface area contributed by atoms with E-state index in [0.717, 1.165) is 38.4 Å². The van der Waals surface area contributed by atoms with E-state index < -0.39 is 0 Å². The zero-order valence-corrected chi connectivity index (χ0v) is 18.1. The fraction of sp³-hybridized carbons (Fsp3) is 0.440. The van der Waals surface area contributed by atoms with Gasteiger partial charge < -0.3 is 10.6 Å². The third kappa shape index (κ3) is 6.17. The Morgan fingerprint density at radius 2 is 1.83 bits per heavy atom. The van der Waals surface area contributed by atoms with Crippen molar-refractivity contribution in [2.45, 2.75) is 46.1 Å². The van der Waals surface area contributed by atoms with Gasteiger partial charge in [0.2, 0.25) is 0 Å². The standard InChI is InChI=1S/C25H33N3O2/c1-3-4-15-26-25(30)22-9-5-6-10-23(22)27-24(29)21-13-11-20(12-14-21)18-28-16-7-8-19(2)17-28/h5-6,9-14,19H,3-4,7-8,15-18H2,1-2H3,(H,26,30)(H,27,29). The Labute approximate surface area is 179 Å². The lowest BCUT2D eigenvalue weighted by molar-refractivity contribution is 0.0954. The maximum Gasteiger partial charge on any atom is 0.255 e. The average Bonchev–Trinajstić information content (AvgIpc) is 2.75. The lowest BCUT2D eigenvalue weighted by Crippen LogP contribution is -2.33. The highest BCUT2D eigenvalue weighted by molar-refractivity contribution is 6.09. The topological polar surface area (TPSA) is 61.4 Å². The first kappa shape index (κ1) is 22.0. The molecular weight excluding hydrogens is 374 g/mol. The molecule has 2 amide bonds. The molecule has 2 aromatic carbocycles. The number of unbranched alkanes of at least 4 members (excludes halogenated alkanes) is 1. The lowest BCUT2D eigenvalue weighted by Gasteiger charge is -2.30. The summed E-state index contributed by atoms with van der Waals surface area (Å²) in [5, 5.41) is 5.80. The van der Waals surface area contributed by atoms with E-state index in [0.29, 0.717) is 23.4 Å². The number of carbonyl (C=O) groups excluding carboxylic acids is 2. The van der Waals surface area contributed by atoms with Gasteiger partial charge in [-0.15, -0.1) is 0 Å². The van der Waals surface area contributed by atoms with Gasteiger partial charge >= 0.3 is 0 Å². The van der Waals surface area contributed by atoms with Crippen LogP contribution in [0.4, 0.5) is 5.69 Å². The molecule has 2 aromatic rings. The minimum atomic E-state index is -0.207. The van der Waals surface area contributed by atoms with Crippen molar-refractivity contribution in [1.82, 2.24) is 10.2 Å². The summed E-state index contributed by atoms with van der Waals surface area (Å²) in [5.41, 5.74) is 2.82. The molecule has 160 valence electrons. The highest BCUT2D eigenvalue weighted by Gasteiger charge is 2.17. The summed E-state index contributed by atoms with van der Waals surface area (Å²) in [4.78, 5) is 27.7. The van der Waals surface area contributed by atoms with Gasteiger partial charge in [0.1, 0.15) is 0 Å². The Kier molecular flexibility index (Phi) is 8.03. The number of rotatable bonds is 8. The molecule has 1 saturated heterocycles. The molecule has 1 fully saturated rings. The second kappa shape index (κ2) is 10.9. The average molecular weight is 408 g/mol. The molecule has 1 aliphatic heterocycles. The van der Waals surface area contributed by atoms with Crippen LogP contribution in [0, 0.1) is 5.92 Å². The van der Waals surface area contributed by atoms with Crippen molar-refractivity contribution < 1.29 is 9.59 Å². The molecule has 1 unspecified atom stereocenters. The van der Waals surface area contributed by atoms with E-state index in [1.54, 1.807) is 18.2 Å². The normalized spacial score (nSPS) is 16.8. The minimum absolute atomic E-state index is 0.162. The molecule has 0 saturated carbocycles. The maximum absolute atomic E-state index is 12.7. The molecule has 0 aromatic heterocycles. The number of hydrogen-bond acceptors (Lipinski definition) is 3. The molecule has 1 atom stereocenters. The number of piperidine rings is 1. The molecule has 5 heteroatoms. The smallest absolute Gasteiger partial charge is 0.255 e. The van der Waals surface area contributed by atoms with E-state index in [4.69, 9.17) is 0 Å². The summed E-state index contributed by atoms with van der Waals surface area (Å²) < 4.78 is 0. The van der Waals surface area contributed by atoms with E-state index in [1.165, 1.54) is 18.4 Å². The summed E-state index contributed by atoms with van der Waals surface area (Å²) in [6.45, 7) is 8.23. The Hall–Kier alpha value is -2.66. The summed E-state index contributed by atoms with van der Waals surface area (Å²) in [6.07, 6.45) is 4.52. The van der Waals surface area contributed by atoms with Crippen molar-refractivity contribution in [3.05, 3.63) is 65.2 Å². The first-order valence-corrected chi connectivity index (χ1v) is 11.1. The number of carbonyl (C=O) groups is 2. The summed E-state index contributed by atoms with van der Waals surface area (Å²) in [7, 11) is 0. The number of nitrogens with one attached hydrogen (secondary N) is 2. The van der Waals surface area contributed by atoms with Gasteiger partial charge in [-0.3, -0.25) is 14.5 Å². The zero-order chi connectivity index (χ0) is 21.3. The van der Waals surface area contributed by atoms with Gasteiger partial charge in [-0.2, -0.15) is 0 Å². The Balaban J connectivity index is 1.61. The van der Waals surface area contributed by atoms with Gasteiger partial charge in [0.05, 0.1) is 11.3 Å². The van der Waals surface area contributed by atoms with Crippen LogP contribution in [-0.2, 0) is 6.54 Å². The molecule has 3 rings (SSSR count). The lowest BCUT2D eigenvalue weighted by atomic mass is 9.99. The molecule has 0 spiro atoms. The number of benzene rings is 2. The van der Waals surface area contributed by atoms with Crippen molar-refractivity contribution in [3.8, 4) is 0 Å². The first-order valence-electron chi connectivity index (χ1n) is 11.1. The van der Waals surface area contributed by atoms with Gasteiger partial charge in [0.15, 0.2) is 0 Å². The van der Waals surface area contributed by atoms with Crippen LogP contribution in [0.2, 0.25) is 0 Å². The summed E-state index contributed by atoms with van der Waals surface area (Å²) in [6, 6.07) is 14.9. The highest BCUT2D eigenvalue weighted by atomic mass is 16.2. The molecule has 30 heavy (non-hydrogen) atoms. The van der Waals surface area contributed by atoms with E-state index >= 15 is 0 Å². The third-order valence-electron chi connectivity index (χ3n) is 5.60. The SMILES string of the molecule is CCCCNC(=O)c1ccccc1NC(=O)c1ccc(CN2CCCC(C)C2)cc1. The molecule has 0 radical (unpaired) electrons. The number of likely N-dealkylation sites (tertiary alicyclic amines) is 1. The van der Waals surface area contributed by atoms with Crippen LogP contribution < -0.4 is 10.6 Å². The zero-order valence-electron chi connectivity index (χ0n) is 18.1. The minimum Gasteiger partial charge on any atom is -0.352 e. The van der Waals surface area contributed by atoms with Crippen LogP contribution in [-0.4, -0.2) is 36.3 Å². The Morgan fingerprint density at radius 3 is 2.57 bits per heavy atom. The monoisotopic (exact) mass is 407 g/mol. The molecule has 0 aliphatic carbocycles. The Bertz CT molecular complexity index is 848. The van der Waals surface area contributed by atoms with Crippen LogP contribution in [0.1, 0.15) is 65.8 Å². The van der Waals surface area contributed by atoms with Gasteiger partial charge in [-0.1, -0.05) is 44.5 Å². The quantitative estimate of drug-likeness (QED) is 0.624. The van der Waals surface area contributed by atoms with Crippen molar-refractivity contribution in [3.63, 3.8) is 0 Å². The predicted molar refractivity (Wildman–Crippen MR) is 122 cm³/mol. The summed E-state index contributed by atoms with van der Waals surface area (Å²) >= 11 is 0. The predicted octanol–water partition coefficient (Wildman–Crippen LogP) is 4.70. The molecular formula is C25H33N3O2. The molecule has 2 N–H and O–H groups in total. The fourth-order valence-corrected chi connectivity index (χ4v) is 3.91. The Morgan fingerprint density at radius 1 is 1.07 bits per heavy atom. The number of hydrogen-bond donors (Lipinski definition) is 2. The maximum atomic E-state index is 12.7. The van der Waals surface area contributed by atoms with Crippen LogP contribution in [0.5, 0.6) is 0 Å². The van der Waals surface area contributed by atoms with Crippen molar-refractivity contribution in [2.75, 3.05) is 25.0 Å². The second-order valence-electron chi connectivity index (χ2n) is 8.29. The van der Waals surface area contributed by atoms with E-state index in [1.807, 2.05) is 30.3 Å². The van der Waals surface area contributed by atoms with E-state index in [9.17, 15) is 9.59 Å². The van der Waals surface area contributed by atoms with E-state index in [-0.39, 0.29) is 11.8 Å². The fourth-order valence-electron chi connectivity index (χ4n) is 3.91. The number of nitrogens with zero attached hydrogens (tertiary/aromatic N) is 1. The molecule has 1 aliphatic rings. The second-order valence-corrected chi connectivity index (χ2v) is 8.29. The van der Waals surface area contributed by atoms with Crippen LogP contribution >= 0.6 is 0 Å². The molecule has 0 bridgehead atoms. The van der Waals surface area contributed by atoms with Gasteiger partial charge in [0.25, 0.3) is 11.8 Å². The highest BCUT2D eigenvalue weighted by Crippen LogP contribution is 2.19. The van der Waals surface area contributed by atoms with Gasteiger partial charge in [-0.05, 0) is 61.6 Å². The number of amides is 2. The van der Waals surface area contributed by atoms with E-state index in [2.05, 4.69) is 29.4 Å². The van der Waals surface area contributed by atoms with Gasteiger partial charge in [-0.25, -0.2) is 0 Å². The molecule has 1 heterocycles. The number of anilines is 1. The van der Waals surface area contributed by atoms with Crippen molar-refractivity contribution in [1.29, 1.82) is 0 Å². The van der Waals surface area contributed by atoms with Crippen molar-refractivity contribution in [2.24, 2.45) is 5.92 Å². The number of para-hydroxylation sites is 1. The third-order valence-corrected chi connectivity index (χ3v) is 5.60.